The second kappa shape index (κ2) is 9.45. The molecule has 1 amide bonds. The topological polar surface area (TPSA) is 112 Å². The zero-order chi connectivity index (χ0) is 20.8. The lowest BCUT2D eigenvalue weighted by Crippen LogP contribution is -2.26. The first-order chi connectivity index (χ1) is 13.2. The Bertz CT molecular complexity index is 900. The third-order valence-corrected chi connectivity index (χ3v) is 5.37. The summed E-state index contributed by atoms with van der Waals surface area (Å²) in [7, 11) is 0. The van der Waals surface area contributed by atoms with E-state index in [1.54, 1.807) is 0 Å². The minimum absolute atomic E-state index is 0.112. The molecule has 148 valence electrons. The first kappa shape index (κ1) is 21.6. The highest BCUT2D eigenvalue weighted by atomic mass is 79.9. The van der Waals surface area contributed by atoms with E-state index in [1.165, 1.54) is 25.1 Å². The fourth-order valence-corrected chi connectivity index (χ4v) is 3.30. The second-order valence-electron chi connectivity index (χ2n) is 6.44. The Kier molecular flexibility index (Phi) is 7.28. The van der Waals surface area contributed by atoms with E-state index in [4.69, 9.17) is 0 Å². The van der Waals surface area contributed by atoms with Gasteiger partial charge in [-0.25, -0.2) is 0 Å². The van der Waals surface area contributed by atoms with Crippen LogP contribution in [-0.2, 0) is 11.2 Å². The van der Waals surface area contributed by atoms with Crippen LogP contribution in [0.25, 0.3) is 0 Å². The van der Waals surface area contributed by atoms with Crippen LogP contribution in [0.15, 0.2) is 46.9 Å². The molecule has 0 radical (unpaired) electrons. The van der Waals surface area contributed by atoms with Crippen LogP contribution in [-0.4, -0.2) is 16.8 Å². The van der Waals surface area contributed by atoms with Crippen molar-refractivity contribution in [1.82, 2.24) is 0 Å². The normalized spacial score (nSPS) is 12.8. The van der Waals surface area contributed by atoms with Gasteiger partial charge in [0, 0.05) is 27.8 Å². The predicted octanol–water partition coefficient (Wildman–Crippen LogP) is 3.36. The van der Waals surface area contributed by atoms with Gasteiger partial charge in [-0.15, -0.1) is 0 Å². The number of hydrogen-bond acceptors (Lipinski definition) is 5. The van der Waals surface area contributed by atoms with E-state index in [1.807, 2.05) is 31.2 Å². The zero-order valence-corrected chi connectivity index (χ0v) is 17.1. The van der Waals surface area contributed by atoms with E-state index in [2.05, 4.69) is 21.2 Å². The molecule has 0 fully saturated rings. The van der Waals surface area contributed by atoms with Gasteiger partial charge in [0.25, 0.3) is 0 Å². The molecule has 2 rings (SSSR count). The summed E-state index contributed by atoms with van der Waals surface area (Å²) in [6, 6.07) is 10.2. The second-order valence-corrected chi connectivity index (χ2v) is 7.30. The third kappa shape index (κ3) is 5.16. The number of carbonyl (C=O) groups excluding carboxylic acids is 2. The third-order valence-electron chi connectivity index (χ3n) is 4.60. The van der Waals surface area contributed by atoms with Crippen molar-refractivity contribution in [2.75, 3.05) is 5.32 Å². The summed E-state index contributed by atoms with van der Waals surface area (Å²) in [4.78, 5) is 34.7. The molecule has 0 bridgehead atoms. The Morgan fingerprint density at radius 1 is 1.21 bits per heavy atom. The van der Waals surface area contributed by atoms with Crippen LogP contribution in [0, 0.1) is 16.0 Å². The van der Waals surface area contributed by atoms with E-state index >= 15 is 0 Å². The van der Waals surface area contributed by atoms with Gasteiger partial charge >= 0.3 is 0 Å². The number of anilines is 1. The number of halogens is 1. The molecule has 8 heteroatoms. The van der Waals surface area contributed by atoms with Crippen LogP contribution in [0.2, 0.25) is 0 Å². The average molecular weight is 448 g/mol. The largest absolute Gasteiger partial charge is 0.545 e. The highest BCUT2D eigenvalue weighted by molar-refractivity contribution is 9.10. The van der Waals surface area contributed by atoms with Crippen molar-refractivity contribution in [2.45, 2.75) is 32.7 Å². The molecule has 2 aromatic rings. The van der Waals surface area contributed by atoms with Crippen molar-refractivity contribution < 1.29 is 19.6 Å². The summed E-state index contributed by atoms with van der Waals surface area (Å²) in [6.07, 6.45) is 1.03. The number of nitrogens with one attached hydrogen (secondary N) is 1. The molecule has 0 heterocycles. The zero-order valence-electron chi connectivity index (χ0n) is 15.5. The summed E-state index contributed by atoms with van der Waals surface area (Å²) < 4.78 is 0.892. The van der Waals surface area contributed by atoms with Gasteiger partial charge < -0.3 is 15.2 Å². The summed E-state index contributed by atoms with van der Waals surface area (Å²) in [5, 5.41) is 25.0. The van der Waals surface area contributed by atoms with Crippen LogP contribution in [0.1, 0.15) is 47.8 Å². The van der Waals surface area contributed by atoms with E-state index in [0.29, 0.717) is 12.8 Å². The van der Waals surface area contributed by atoms with Gasteiger partial charge in [0.15, 0.2) is 0 Å². The number of benzene rings is 2. The molecule has 0 aromatic heterocycles. The van der Waals surface area contributed by atoms with Crippen LogP contribution in [0.3, 0.4) is 0 Å². The minimum Gasteiger partial charge on any atom is -0.545 e. The van der Waals surface area contributed by atoms with Gasteiger partial charge in [-0.3, -0.25) is 14.9 Å². The lowest BCUT2D eigenvalue weighted by atomic mass is 9.95. The van der Waals surface area contributed by atoms with Crippen molar-refractivity contribution >= 4 is 33.5 Å². The Morgan fingerprint density at radius 2 is 1.89 bits per heavy atom. The number of aromatic carboxylic acids is 1. The SMILES string of the molecule is CCC(Cc1ccccc1Br)C(=O)Nc1cc(C(=O)[O-])ccc1C(C)[N+](=O)[O-]. The first-order valence-electron chi connectivity index (χ1n) is 8.77. The van der Waals surface area contributed by atoms with Gasteiger partial charge in [-0.1, -0.05) is 47.1 Å². The van der Waals surface area contributed by atoms with Gasteiger partial charge in [0.2, 0.25) is 11.9 Å². The molecular formula is C20H20BrN2O5-. The summed E-state index contributed by atoms with van der Waals surface area (Å²) >= 11 is 3.46. The number of carboxylic acid groups (broad SMARTS) is 1. The molecule has 7 nitrogen and oxygen atoms in total. The van der Waals surface area contributed by atoms with Crippen molar-refractivity contribution in [3.05, 3.63) is 73.7 Å². The smallest absolute Gasteiger partial charge is 0.237 e. The lowest BCUT2D eigenvalue weighted by molar-refractivity contribution is -0.524. The maximum Gasteiger partial charge on any atom is 0.237 e. The number of rotatable bonds is 8. The van der Waals surface area contributed by atoms with E-state index in [9.17, 15) is 24.8 Å². The molecule has 2 unspecified atom stereocenters. The fraction of sp³-hybridized carbons (Fsp3) is 0.300. The average Bonchev–Trinajstić information content (AvgIpc) is 2.66. The van der Waals surface area contributed by atoms with Gasteiger partial charge in [0.05, 0.1) is 11.7 Å². The van der Waals surface area contributed by atoms with Crippen molar-refractivity contribution in [3.63, 3.8) is 0 Å². The Balaban J connectivity index is 2.31. The summed E-state index contributed by atoms with van der Waals surface area (Å²) in [5.41, 5.74) is 1.15. The molecule has 0 aliphatic carbocycles. The predicted molar refractivity (Wildman–Crippen MR) is 106 cm³/mol. The molecule has 2 aromatic carbocycles. The van der Waals surface area contributed by atoms with Crippen molar-refractivity contribution in [1.29, 1.82) is 0 Å². The van der Waals surface area contributed by atoms with E-state index in [-0.39, 0.29) is 28.6 Å². The Labute approximate surface area is 171 Å². The number of carbonyl (C=O) groups is 2. The summed E-state index contributed by atoms with van der Waals surface area (Å²) in [6.45, 7) is 3.25. The standard InChI is InChI=1S/C20H21BrN2O5/c1-3-13(10-14-6-4-5-7-17(14)21)19(24)22-18-11-15(20(25)26)8-9-16(18)12(2)23(27)28/h4-9,11-13H,3,10H2,1-2H3,(H,22,24)(H,25,26)/p-1. The van der Waals surface area contributed by atoms with E-state index < -0.39 is 16.9 Å². The van der Waals surface area contributed by atoms with Crippen LogP contribution in [0.5, 0.6) is 0 Å². The highest BCUT2D eigenvalue weighted by Crippen LogP contribution is 2.28. The molecule has 28 heavy (non-hydrogen) atoms. The number of amides is 1. The molecule has 0 aliphatic heterocycles. The molecule has 0 spiro atoms. The van der Waals surface area contributed by atoms with Gasteiger partial charge in [-0.2, -0.15) is 0 Å². The van der Waals surface area contributed by atoms with Crippen LogP contribution >= 0.6 is 15.9 Å². The quantitative estimate of drug-likeness (QED) is 0.492. The first-order valence-corrected chi connectivity index (χ1v) is 9.56. The molecule has 0 aliphatic rings. The van der Waals surface area contributed by atoms with E-state index in [0.717, 1.165) is 10.0 Å². The number of hydrogen-bond donors (Lipinski definition) is 1. The van der Waals surface area contributed by atoms with Crippen molar-refractivity contribution in [3.8, 4) is 0 Å². The maximum absolute atomic E-state index is 12.8. The minimum atomic E-state index is -1.42. The Morgan fingerprint density at radius 3 is 2.46 bits per heavy atom. The maximum atomic E-state index is 12.8. The number of carboxylic acids is 1. The van der Waals surface area contributed by atoms with Gasteiger partial charge in [-0.05, 0) is 42.2 Å². The Hall–Kier alpha value is -2.74. The molecule has 1 N–H and O–H groups in total. The number of nitro groups is 1. The monoisotopic (exact) mass is 447 g/mol. The van der Waals surface area contributed by atoms with Crippen molar-refractivity contribution in [2.24, 2.45) is 5.92 Å². The van der Waals surface area contributed by atoms with Crippen LogP contribution < -0.4 is 10.4 Å². The molecule has 0 saturated heterocycles. The number of nitrogens with zero attached hydrogens (tertiary/aromatic N) is 1. The lowest BCUT2D eigenvalue weighted by Gasteiger charge is -2.19. The van der Waals surface area contributed by atoms with Crippen LogP contribution in [0.4, 0.5) is 5.69 Å². The highest BCUT2D eigenvalue weighted by Gasteiger charge is 2.24. The molecule has 0 saturated carbocycles. The molecule has 2 atom stereocenters. The fourth-order valence-electron chi connectivity index (χ4n) is 2.86. The summed E-state index contributed by atoms with van der Waals surface area (Å²) in [5.74, 6) is -2.13. The van der Waals surface area contributed by atoms with Gasteiger partial charge in [0.1, 0.15) is 0 Å². The molecular weight excluding hydrogens is 428 g/mol.